The summed E-state index contributed by atoms with van der Waals surface area (Å²) in [6, 6.07) is 1.71. The number of esters is 1. The van der Waals surface area contributed by atoms with Crippen molar-refractivity contribution in [3.05, 3.63) is 44.1 Å². The van der Waals surface area contributed by atoms with Crippen LogP contribution in [0, 0.1) is 13.8 Å². The number of nitrogens with zero attached hydrogens (tertiary/aromatic N) is 3. The summed E-state index contributed by atoms with van der Waals surface area (Å²) in [6.07, 6.45) is 1.73. The van der Waals surface area contributed by atoms with Gasteiger partial charge in [0.05, 0.1) is 5.39 Å². The maximum absolute atomic E-state index is 12.6. The first-order valence-electron chi connectivity index (χ1n) is 7.66. The Morgan fingerprint density at radius 1 is 1.46 bits per heavy atom. The molecule has 0 saturated carbocycles. The zero-order valence-electron chi connectivity index (χ0n) is 13.3. The zero-order valence-corrected chi connectivity index (χ0v) is 14.1. The Morgan fingerprint density at radius 2 is 2.29 bits per heavy atom. The molecule has 0 bridgehead atoms. The molecule has 8 heteroatoms. The minimum atomic E-state index is -0.472. The van der Waals surface area contributed by atoms with E-state index >= 15 is 0 Å². The molecule has 0 spiro atoms. The number of fused-ring (bicyclic) bond motifs is 2. The quantitative estimate of drug-likeness (QED) is 0.677. The predicted octanol–water partition coefficient (Wildman–Crippen LogP) is 2.37. The molecular formula is C16H15N3O4S. The third kappa shape index (κ3) is 2.34. The molecule has 3 aromatic rings. The molecule has 0 N–H and O–H groups in total. The van der Waals surface area contributed by atoms with E-state index in [0.29, 0.717) is 38.7 Å². The monoisotopic (exact) mass is 345 g/mol. The van der Waals surface area contributed by atoms with Crippen molar-refractivity contribution in [3.63, 3.8) is 0 Å². The average Bonchev–Trinajstić information content (AvgIpc) is 3.25. The van der Waals surface area contributed by atoms with Crippen molar-refractivity contribution < 1.29 is 14.1 Å². The largest absolute Gasteiger partial charge is 0.455 e. The summed E-state index contributed by atoms with van der Waals surface area (Å²) in [6.45, 7) is 4.26. The molecule has 24 heavy (non-hydrogen) atoms. The number of rotatable bonds is 3. The number of aromatic nitrogens is 3. The highest BCUT2D eigenvalue weighted by Gasteiger charge is 2.24. The lowest BCUT2D eigenvalue weighted by Crippen LogP contribution is -2.20. The van der Waals surface area contributed by atoms with Crippen molar-refractivity contribution in [1.82, 2.24) is 14.7 Å². The van der Waals surface area contributed by atoms with Gasteiger partial charge in [0.1, 0.15) is 33.6 Å². The molecule has 0 saturated heterocycles. The Labute approximate surface area is 140 Å². The lowest BCUT2D eigenvalue weighted by molar-refractivity contribution is 0.0469. The second-order valence-electron chi connectivity index (χ2n) is 5.83. The molecule has 1 aliphatic rings. The standard InChI is InChI=1S/C16H15N3O4S/c1-8-6-10(18-23-8)7-22-16(21)13-9(2)12-14(24-13)17-11-4-3-5-19(11)15(12)20/h6H,3-5,7H2,1-2H3. The Hall–Kier alpha value is -2.48. The summed E-state index contributed by atoms with van der Waals surface area (Å²) in [7, 11) is 0. The van der Waals surface area contributed by atoms with Gasteiger partial charge in [0.2, 0.25) is 0 Å². The number of carbonyl (C=O) groups excluding carboxylic acids is 1. The lowest BCUT2D eigenvalue weighted by atomic mass is 10.2. The summed E-state index contributed by atoms with van der Waals surface area (Å²) in [5, 5.41) is 4.31. The highest BCUT2D eigenvalue weighted by molar-refractivity contribution is 7.20. The number of hydrogen-bond acceptors (Lipinski definition) is 7. The van der Waals surface area contributed by atoms with Crippen molar-refractivity contribution in [2.75, 3.05) is 0 Å². The van der Waals surface area contributed by atoms with Gasteiger partial charge in [0.25, 0.3) is 5.56 Å². The molecule has 0 radical (unpaired) electrons. The molecule has 0 unspecified atom stereocenters. The Morgan fingerprint density at radius 3 is 3.04 bits per heavy atom. The van der Waals surface area contributed by atoms with Crippen molar-refractivity contribution in [2.24, 2.45) is 0 Å². The van der Waals surface area contributed by atoms with Gasteiger partial charge in [0, 0.05) is 19.0 Å². The first-order chi connectivity index (χ1) is 11.5. The third-order valence-electron chi connectivity index (χ3n) is 4.12. The summed E-state index contributed by atoms with van der Waals surface area (Å²) in [5.74, 6) is 0.985. The highest BCUT2D eigenvalue weighted by Crippen LogP contribution is 2.29. The number of carbonyl (C=O) groups is 1. The van der Waals surface area contributed by atoms with Crippen LogP contribution in [-0.4, -0.2) is 20.7 Å². The molecule has 0 aromatic carbocycles. The fraction of sp³-hybridized carbons (Fsp3) is 0.375. The van der Waals surface area contributed by atoms with Gasteiger partial charge in [-0.3, -0.25) is 9.36 Å². The maximum Gasteiger partial charge on any atom is 0.349 e. The number of aryl methyl sites for hydroxylation is 3. The van der Waals surface area contributed by atoms with E-state index < -0.39 is 5.97 Å². The molecule has 0 atom stereocenters. The van der Waals surface area contributed by atoms with E-state index in [2.05, 4.69) is 10.1 Å². The van der Waals surface area contributed by atoms with Gasteiger partial charge in [-0.25, -0.2) is 9.78 Å². The molecular weight excluding hydrogens is 330 g/mol. The van der Waals surface area contributed by atoms with Crippen LogP contribution < -0.4 is 5.56 Å². The van der Waals surface area contributed by atoms with Gasteiger partial charge in [0.15, 0.2) is 0 Å². The van der Waals surface area contributed by atoms with E-state index in [-0.39, 0.29) is 12.2 Å². The van der Waals surface area contributed by atoms with Crippen molar-refractivity contribution in [3.8, 4) is 0 Å². The summed E-state index contributed by atoms with van der Waals surface area (Å²) < 4.78 is 11.9. The zero-order chi connectivity index (χ0) is 16.8. The molecule has 0 aliphatic carbocycles. The van der Waals surface area contributed by atoms with Crippen LogP contribution in [0.1, 0.15) is 38.9 Å². The first-order valence-corrected chi connectivity index (χ1v) is 8.48. The van der Waals surface area contributed by atoms with E-state index in [4.69, 9.17) is 9.26 Å². The Bertz CT molecular complexity index is 1010. The maximum atomic E-state index is 12.6. The van der Waals surface area contributed by atoms with Gasteiger partial charge in [-0.05, 0) is 25.8 Å². The van der Waals surface area contributed by atoms with E-state index in [1.54, 1.807) is 24.5 Å². The van der Waals surface area contributed by atoms with E-state index in [0.717, 1.165) is 18.7 Å². The SMILES string of the molecule is Cc1cc(COC(=O)c2sc3nc4n(c(=O)c3c2C)CCC4)no1. The topological polar surface area (TPSA) is 87.2 Å². The van der Waals surface area contributed by atoms with Gasteiger partial charge in [-0.2, -0.15) is 0 Å². The minimum Gasteiger partial charge on any atom is -0.455 e. The van der Waals surface area contributed by atoms with Gasteiger partial charge in [-0.1, -0.05) is 5.16 Å². The summed E-state index contributed by atoms with van der Waals surface area (Å²) in [4.78, 5) is 30.6. The normalized spacial score (nSPS) is 13.4. The van der Waals surface area contributed by atoms with Crippen molar-refractivity contribution in [2.45, 2.75) is 39.8 Å². The molecule has 0 amide bonds. The van der Waals surface area contributed by atoms with Crippen LogP contribution >= 0.6 is 11.3 Å². The number of ether oxygens (including phenoxy) is 1. The number of thiophene rings is 1. The van der Waals surface area contributed by atoms with Crippen LogP contribution in [-0.2, 0) is 24.3 Å². The smallest absolute Gasteiger partial charge is 0.349 e. The van der Waals surface area contributed by atoms with Crippen LogP contribution in [0.5, 0.6) is 0 Å². The van der Waals surface area contributed by atoms with Crippen molar-refractivity contribution >= 4 is 27.5 Å². The first kappa shape index (κ1) is 15.1. The second-order valence-corrected chi connectivity index (χ2v) is 6.83. The summed E-state index contributed by atoms with van der Waals surface area (Å²) in [5.41, 5.74) is 1.13. The van der Waals surface area contributed by atoms with Crippen LogP contribution in [0.25, 0.3) is 10.2 Å². The Kier molecular flexibility index (Phi) is 3.49. The van der Waals surface area contributed by atoms with Crippen LogP contribution in [0.15, 0.2) is 15.4 Å². The fourth-order valence-corrected chi connectivity index (χ4v) is 4.05. The third-order valence-corrected chi connectivity index (χ3v) is 5.29. The predicted molar refractivity (Wildman–Crippen MR) is 87.3 cm³/mol. The molecule has 4 heterocycles. The van der Waals surface area contributed by atoms with E-state index in [1.165, 1.54) is 11.3 Å². The van der Waals surface area contributed by atoms with E-state index in [1.807, 2.05) is 0 Å². The van der Waals surface area contributed by atoms with Crippen LogP contribution in [0.4, 0.5) is 0 Å². The molecule has 7 nitrogen and oxygen atoms in total. The van der Waals surface area contributed by atoms with Crippen LogP contribution in [0.2, 0.25) is 0 Å². The lowest BCUT2D eigenvalue weighted by Gasteiger charge is -2.02. The fourth-order valence-electron chi connectivity index (χ4n) is 2.96. The Balaban J connectivity index is 1.67. The number of hydrogen-bond donors (Lipinski definition) is 0. The molecule has 0 fully saturated rings. The average molecular weight is 345 g/mol. The van der Waals surface area contributed by atoms with Crippen molar-refractivity contribution in [1.29, 1.82) is 0 Å². The molecule has 3 aromatic heterocycles. The van der Waals surface area contributed by atoms with Gasteiger partial charge < -0.3 is 9.26 Å². The van der Waals surface area contributed by atoms with Gasteiger partial charge >= 0.3 is 5.97 Å². The van der Waals surface area contributed by atoms with Gasteiger partial charge in [-0.15, -0.1) is 11.3 Å². The highest BCUT2D eigenvalue weighted by atomic mass is 32.1. The molecule has 124 valence electrons. The second kappa shape index (κ2) is 5.55. The minimum absolute atomic E-state index is 0.0345. The van der Waals surface area contributed by atoms with E-state index in [9.17, 15) is 9.59 Å². The molecule has 1 aliphatic heterocycles. The summed E-state index contributed by atoms with van der Waals surface area (Å²) >= 11 is 1.21. The molecule has 4 rings (SSSR count). The van der Waals surface area contributed by atoms with Crippen LogP contribution in [0.3, 0.4) is 0 Å².